The van der Waals surface area contributed by atoms with Gasteiger partial charge in [-0.05, 0) is 52.3 Å². The van der Waals surface area contributed by atoms with Crippen molar-refractivity contribution >= 4 is 10.0 Å². The van der Waals surface area contributed by atoms with Gasteiger partial charge in [0.2, 0.25) is 0 Å². The average Bonchev–Trinajstić information content (AvgIpc) is 2.38. The molecule has 3 nitrogen and oxygen atoms in total. The van der Waals surface area contributed by atoms with E-state index in [4.69, 9.17) is 0 Å². The summed E-state index contributed by atoms with van der Waals surface area (Å²) in [7, 11) is -3.55. The first kappa shape index (κ1) is 17.3. The molecule has 1 aromatic carbocycles. The highest BCUT2D eigenvalue weighted by Crippen LogP contribution is 2.17. The van der Waals surface area contributed by atoms with Crippen molar-refractivity contribution in [2.24, 2.45) is 0 Å². The first-order chi connectivity index (χ1) is 9.73. The molecule has 0 saturated heterocycles. The molecule has 0 fully saturated rings. The van der Waals surface area contributed by atoms with Crippen LogP contribution in [-0.4, -0.2) is 19.3 Å². The summed E-state index contributed by atoms with van der Waals surface area (Å²) in [6, 6.07) is 6.88. The highest BCUT2D eigenvalue weighted by molar-refractivity contribution is 7.89. The van der Waals surface area contributed by atoms with E-state index in [9.17, 15) is 8.42 Å². The van der Waals surface area contributed by atoms with Crippen molar-refractivity contribution in [3.8, 4) is 0 Å². The summed E-state index contributed by atoms with van der Waals surface area (Å²) >= 11 is 0. The predicted molar refractivity (Wildman–Crippen MR) is 87.4 cm³/mol. The van der Waals surface area contributed by atoms with Gasteiger partial charge in [0, 0.05) is 0 Å². The molecule has 21 heavy (non-hydrogen) atoms. The minimum absolute atomic E-state index is 0.294. The minimum Gasteiger partial charge on any atom is -0.262 e. The highest BCUT2D eigenvalue weighted by atomic mass is 32.2. The molecule has 0 aliphatic heterocycles. The van der Waals surface area contributed by atoms with Gasteiger partial charge in [-0.2, -0.15) is 0 Å². The van der Waals surface area contributed by atoms with Crippen LogP contribution in [0, 0.1) is 6.92 Å². The molecule has 0 aromatic heterocycles. The molecule has 0 heterocycles. The van der Waals surface area contributed by atoms with E-state index in [1.807, 2.05) is 40.7 Å². The quantitative estimate of drug-likeness (QED) is 0.608. The second-order valence-corrected chi connectivity index (χ2v) is 7.33. The van der Waals surface area contributed by atoms with Gasteiger partial charge in [-0.1, -0.05) is 29.3 Å². The lowest BCUT2D eigenvalue weighted by Crippen LogP contribution is -2.26. The van der Waals surface area contributed by atoms with E-state index >= 15 is 0 Å². The summed E-state index contributed by atoms with van der Waals surface area (Å²) in [6.45, 7) is 9.89. The molecule has 0 aliphatic carbocycles. The van der Waals surface area contributed by atoms with Crippen LogP contribution in [-0.2, 0) is 10.0 Å². The number of hydrogen-bond acceptors (Lipinski definition) is 2. The number of aryl methyl sites for hydroxylation is 1. The second kappa shape index (κ2) is 7.30. The third-order valence-corrected chi connectivity index (χ3v) is 4.54. The number of sulfonamides is 1. The molecule has 1 aromatic rings. The Morgan fingerprint density at radius 1 is 1.14 bits per heavy atom. The summed E-state index contributed by atoms with van der Waals surface area (Å²) in [6.07, 6.45) is 3.39. The molecule has 0 atom stereocenters. The van der Waals surface area contributed by atoms with Gasteiger partial charge in [0.15, 0.2) is 0 Å². The summed E-state index contributed by atoms with van der Waals surface area (Å²) in [5, 5.41) is 0. The molecule has 114 valence electrons. The maximum absolute atomic E-state index is 12.7. The topological polar surface area (TPSA) is 37.4 Å². The zero-order valence-corrected chi connectivity index (χ0v) is 14.2. The Morgan fingerprint density at radius 3 is 2.19 bits per heavy atom. The molecule has 0 saturated carbocycles. The fourth-order valence-corrected chi connectivity index (χ4v) is 2.75. The van der Waals surface area contributed by atoms with E-state index in [1.54, 1.807) is 24.3 Å². The molecule has 4 heteroatoms. The number of hydrogen-bond donors (Lipinski definition) is 0. The normalized spacial score (nSPS) is 10.5. The Hall–Kier alpha value is -1.77. The smallest absolute Gasteiger partial charge is 0.262 e. The molecule has 1 rings (SSSR count). The molecule has 0 N–H and O–H groups in total. The van der Waals surface area contributed by atoms with Crippen LogP contribution in [0.25, 0.3) is 0 Å². The molecule has 0 aliphatic rings. The fraction of sp³-hybridized carbons (Fsp3) is 0.353. The Labute approximate surface area is 128 Å². The predicted octanol–water partition coefficient (Wildman–Crippen LogP) is 4.03. The third kappa shape index (κ3) is 5.25. The molecule has 0 radical (unpaired) electrons. The summed E-state index contributed by atoms with van der Waals surface area (Å²) in [5.74, 6) is 0. The standard InChI is InChI=1S/C17H23NO2S/c1-14(2)10-12-18(13-11-15(3)4)21(19,20)17-8-6-16(5)7-9-17/h6-10,13H,12H2,1-5H3. The lowest BCUT2D eigenvalue weighted by Gasteiger charge is -2.18. The van der Waals surface area contributed by atoms with Crippen molar-refractivity contribution in [2.75, 3.05) is 6.54 Å². The molecule has 0 unspecified atom stereocenters. The van der Waals surface area contributed by atoms with Crippen molar-refractivity contribution in [3.63, 3.8) is 0 Å². The van der Waals surface area contributed by atoms with Crippen molar-refractivity contribution in [3.05, 3.63) is 59.0 Å². The molecule has 0 spiro atoms. The van der Waals surface area contributed by atoms with Gasteiger partial charge in [0.1, 0.15) is 0 Å². The van der Waals surface area contributed by atoms with E-state index in [0.29, 0.717) is 11.4 Å². The van der Waals surface area contributed by atoms with Crippen molar-refractivity contribution in [1.29, 1.82) is 0 Å². The van der Waals surface area contributed by atoms with Crippen LogP contribution in [0.15, 0.2) is 58.3 Å². The summed E-state index contributed by atoms with van der Waals surface area (Å²) in [4.78, 5) is 0.294. The van der Waals surface area contributed by atoms with Crippen LogP contribution < -0.4 is 0 Å². The first-order valence-electron chi connectivity index (χ1n) is 6.85. The highest BCUT2D eigenvalue weighted by Gasteiger charge is 2.20. The van der Waals surface area contributed by atoms with Crippen LogP contribution in [0.3, 0.4) is 0 Å². The van der Waals surface area contributed by atoms with Crippen molar-refractivity contribution < 1.29 is 8.42 Å². The van der Waals surface area contributed by atoms with Crippen LogP contribution in [0.5, 0.6) is 0 Å². The molecular formula is C17H23NO2S. The maximum Gasteiger partial charge on any atom is 0.264 e. The Bertz CT molecular complexity index is 668. The van der Waals surface area contributed by atoms with Gasteiger partial charge in [0.25, 0.3) is 10.0 Å². The monoisotopic (exact) mass is 305 g/mol. The first-order valence-corrected chi connectivity index (χ1v) is 8.29. The minimum atomic E-state index is -3.55. The Balaban J connectivity index is 3.26. The largest absolute Gasteiger partial charge is 0.264 e. The number of benzene rings is 1. The van der Waals surface area contributed by atoms with Crippen LogP contribution in [0.1, 0.15) is 33.3 Å². The van der Waals surface area contributed by atoms with Gasteiger partial charge >= 0.3 is 0 Å². The Morgan fingerprint density at radius 2 is 1.71 bits per heavy atom. The van der Waals surface area contributed by atoms with Gasteiger partial charge < -0.3 is 0 Å². The zero-order chi connectivity index (χ0) is 16.0. The zero-order valence-electron chi connectivity index (χ0n) is 13.3. The summed E-state index contributed by atoms with van der Waals surface area (Å²) in [5.41, 5.74) is 6.00. The summed E-state index contributed by atoms with van der Waals surface area (Å²) < 4.78 is 26.7. The fourth-order valence-electron chi connectivity index (χ4n) is 1.54. The van der Waals surface area contributed by atoms with Crippen molar-refractivity contribution in [1.82, 2.24) is 4.31 Å². The SMILES string of the molecule is CC(C)=C=CN(CC=C(C)C)S(=O)(=O)c1ccc(C)cc1. The maximum atomic E-state index is 12.7. The van der Waals surface area contributed by atoms with Gasteiger partial charge in [-0.25, -0.2) is 8.42 Å². The number of nitrogens with zero attached hydrogens (tertiary/aromatic N) is 1. The lowest BCUT2D eigenvalue weighted by molar-refractivity contribution is 0.522. The van der Waals surface area contributed by atoms with Crippen molar-refractivity contribution in [2.45, 2.75) is 39.5 Å². The van der Waals surface area contributed by atoms with Gasteiger partial charge in [-0.15, -0.1) is 5.73 Å². The van der Waals surface area contributed by atoms with Crippen LogP contribution in [0.4, 0.5) is 0 Å². The second-order valence-electron chi connectivity index (χ2n) is 5.44. The molecule has 0 amide bonds. The van der Waals surface area contributed by atoms with E-state index < -0.39 is 10.0 Å². The Kier molecular flexibility index (Phi) is 6.01. The molecule has 0 bridgehead atoms. The lowest BCUT2D eigenvalue weighted by atomic mass is 10.2. The van der Waals surface area contributed by atoms with E-state index in [2.05, 4.69) is 5.73 Å². The average molecular weight is 305 g/mol. The van der Waals surface area contributed by atoms with E-state index in [0.717, 1.165) is 16.7 Å². The van der Waals surface area contributed by atoms with Gasteiger partial charge in [-0.3, -0.25) is 4.31 Å². The number of rotatable bonds is 5. The third-order valence-electron chi connectivity index (χ3n) is 2.80. The van der Waals surface area contributed by atoms with E-state index in [-0.39, 0.29) is 0 Å². The van der Waals surface area contributed by atoms with Crippen LogP contribution >= 0.6 is 0 Å². The molecular weight excluding hydrogens is 282 g/mol. The number of allylic oxidation sites excluding steroid dienone is 2. The van der Waals surface area contributed by atoms with E-state index in [1.165, 1.54) is 10.5 Å². The van der Waals surface area contributed by atoms with Gasteiger partial charge in [0.05, 0.1) is 17.6 Å². The van der Waals surface area contributed by atoms with Crippen LogP contribution in [0.2, 0.25) is 0 Å².